The van der Waals surface area contributed by atoms with Gasteiger partial charge in [-0.2, -0.15) is 0 Å². The highest BCUT2D eigenvalue weighted by atomic mass is 32.1. The SMILES string of the molecule is COc1ccccc1CN(CCO)Cc1nnc(C(=O)Nc2ccccc2)s1. The first-order chi connectivity index (χ1) is 13.7. The topological polar surface area (TPSA) is 87.6 Å². The van der Waals surface area contributed by atoms with Gasteiger partial charge in [-0.25, -0.2) is 0 Å². The van der Waals surface area contributed by atoms with E-state index in [4.69, 9.17) is 4.74 Å². The van der Waals surface area contributed by atoms with Crippen molar-refractivity contribution in [2.45, 2.75) is 13.1 Å². The molecule has 2 N–H and O–H groups in total. The van der Waals surface area contributed by atoms with Crippen LogP contribution < -0.4 is 10.1 Å². The average Bonchev–Trinajstić information content (AvgIpc) is 3.18. The van der Waals surface area contributed by atoms with Gasteiger partial charge in [-0.1, -0.05) is 47.7 Å². The van der Waals surface area contributed by atoms with Crippen LogP contribution in [0.15, 0.2) is 54.6 Å². The van der Waals surface area contributed by atoms with E-state index < -0.39 is 0 Å². The van der Waals surface area contributed by atoms with Gasteiger partial charge < -0.3 is 15.2 Å². The summed E-state index contributed by atoms with van der Waals surface area (Å²) in [7, 11) is 1.64. The molecule has 2 aromatic carbocycles. The Hall–Kier alpha value is -2.81. The van der Waals surface area contributed by atoms with Gasteiger partial charge in [0.05, 0.1) is 20.3 Å². The molecule has 0 saturated carbocycles. The van der Waals surface area contributed by atoms with Crippen molar-refractivity contribution in [1.29, 1.82) is 0 Å². The number of para-hydroxylation sites is 2. The number of aliphatic hydroxyl groups excluding tert-OH is 1. The molecule has 0 atom stereocenters. The number of methoxy groups -OCH3 is 1. The molecule has 28 heavy (non-hydrogen) atoms. The zero-order valence-electron chi connectivity index (χ0n) is 15.5. The molecule has 146 valence electrons. The van der Waals surface area contributed by atoms with Gasteiger partial charge in [-0.05, 0) is 18.2 Å². The normalized spacial score (nSPS) is 10.8. The highest BCUT2D eigenvalue weighted by molar-refractivity contribution is 7.13. The van der Waals surface area contributed by atoms with Crippen molar-refractivity contribution in [3.05, 3.63) is 70.2 Å². The van der Waals surface area contributed by atoms with Crippen LogP contribution in [0.25, 0.3) is 0 Å². The molecule has 8 heteroatoms. The summed E-state index contributed by atoms with van der Waals surface area (Å²) in [6.07, 6.45) is 0. The molecule has 1 aromatic heterocycles. The van der Waals surface area contributed by atoms with E-state index in [2.05, 4.69) is 15.5 Å². The fourth-order valence-corrected chi connectivity index (χ4v) is 3.51. The van der Waals surface area contributed by atoms with E-state index in [9.17, 15) is 9.90 Å². The van der Waals surface area contributed by atoms with Crippen LogP contribution in [0.1, 0.15) is 20.4 Å². The van der Waals surface area contributed by atoms with Crippen LogP contribution >= 0.6 is 11.3 Å². The van der Waals surface area contributed by atoms with Gasteiger partial charge in [0, 0.05) is 24.3 Å². The van der Waals surface area contributed by atoms with Crippen molar-refractivity contribution in [3.8, 4) is 5.75 Å². The molecule has 1 amide bonds. The number of rotatable bonds is 9. The second-order valence-electron chi connectivity index (χ2n) is 6.07. The number of benzene rings is 2. The minimum atomic E-state index is -0.284. The molecule has 0 aliphatic heterocycles. The van der Waals surface area contributed by atoms with Crippen molar-refractivity contribution in [1.82, 2.24) is 15.1 Å². The molecule has 0 fully saturated rings. The van der Waals surface area contributed by atoms with E-state index in [1.165, 1.54) is 11.3 Å². The number of hydrogen-bond donors (Lipinski definition) is 2. The van der Waals surface area contributed by atoms with Crippen LogP contribution in [-0.4, -0.2) is 46.4 Å². The molecular formula is C20H22N4O3S. The first kappa shape index (κ1) is 19.9. The lowest BCUT2D eigenvalue weighted by Gasteiger charge is -2.21. The molecular weight excluding hydrogens is 376 g/mol. The van der Waals surface area contributed by atoms with Crippen molar-refractivity contribution < 1.29 is 14.6 Å². The number of nitrogens with zero attached hydrogens (tertiary/aromatic N) is 3. The fourth-order valence-electron chi connectivity index (χ4n) is 2.74. The Morgan fingerprint density at radius 2 is 1.86 bits per heavy atom. The monoisotopic (exact) mass is 398 g/mol. The second kappa shape index (κ2) is 9.93. The van der Waals surface area contributed by atoms with E-state index in [0.717, 1.165) is 11.3 Å². The van der Waals surface area contributed by atoms with Gasteiger partial charge >= 0.3 is 0 Å². The number of hydrogen-bond acceptors (Lipinski definition) is 7. The smallest absolute Gasteiger partial charge is 0.286 e. The van der Waals surface area contributed by atoms with Crippen LogP contribution in [0.3, 0.4) is 0 Å². The zero-order chi connectivity index (χ0) is 19.8. The van der Waals surface area contributed by atoms with Gasteiger partial charge in [0.1, 0.15) is 10.8 Å². The number of ether oxygens (including phenoxy) is 1. The third kappa shape index (κ3) is 5.35. The average molecular weight is 398 g/mol. The quantitative estimate of drug-likeness (QED) is 0.576. The first-order valence-corrected chi connectivity index (χ1v) is 9.65. The standard InChI is InChI=1S/C20H22N4O3S/c1-27-17-10-6-5-7-15(17)13-24(11-12-25)14-18-22-23-20(28-18)19(26)21-16-8-3-2-4-9-16/h2-10,25H,11-14H2,1H3,(H,21,26). The minimum Gasteiger partial charge on any atom is -0.496 e. The summed E-state index contributed by atoms with van der Waals surface area (Å²) in [5.74, 6) is 0.513. The van der Waals surface area contributed by atoms with Crippen molar-refractivity contribution in [2.75, 3.05) is 25.6 Å². The summed E-state index contributed by atoms with van der Waals surface area (Å²) in [5, 5.41) is 21.4. The van der Waals surface area contributed by atoms with E-state index >= 15 is 0 Å². The highest BCUT2D eigenvalue weighted by Crippen LogP contribution is 2.21. The van der Waals surface area contributed by atoms with E-state index in [1.807, 2.05) is 59.5 Å². The molecule has 0 aliphatic carbocycles. The number of amides is 1. The molecule has 1 heterocycles. The molecule has 3 rings (SSSR count). The van der Waals surface area contributed by atoms with Gasteiger partial charge in [-0.15, -0.1) is 10.2 Å². The number of carbonyl (C=O) groups is 1. The Morgan fingerprint density at radius 1 is 1.11 bits per heavy atom. The first-order valence-electron chi connectivity index (χ1n) is 8.83. The summed E-state index contributed by atoms with van der Waals surface area (Å²) in [5.41, 5.74) is 1.73. The van der Waals surface area contributed by atoms with Crippen LogP contribution in [-0.2, 0) is 13.1 Å². The second-order valence-corrected chi connectivity index (χ2v) is 7.13. The van der Waals surface area contributed by atoms with Crippen molar-refractivity contribution in [2.24, 2.45) is 0 Å². The summed E-state index contributed by atoms with van der Waals surface area (Å²) in [4.78, 5) is 14.4. The predicted molar refractivity (Wildman–Crippen MR) is 108 cm³/mol. The van der Waals surface area contributed by atoms with Gasteiger partial charge in [0.2, 0.25) is 5.01 Å². The Labute approximate surface area is 167 Å². The summed E-state index contributed by atoms with van der Waals surface area (Å²) in [6, 6.07) is 17.0. The summed E-state index contributed by atoms with van der Waals surface area (Å²) >= 11 is 1.25. The largest absolute Gasteiger partial charge is 0.496 e. The lowest BCUT2D eigenvalue weighted by molar-refractivity contribution is 0.102. The molecule has 0 unspecified atom stereocenters. The molecule has 0 aliphatic rings. The molecule has 0 bridgehead atoms. The van der Waals surface area contributed by atoms with E-state index in [1.54, 1.807) is 7.11 Å². The summed E-state index contributed by atoms with van der Waals surface area (Å²) in [6.45, 7) is 1.57. The molecule has 0 radical (unpaired) electrons. The Balaban J connectivity index is 1.66. The van der Waals surface area contributed by atoms with Crippen LogP contribution in [0, 0.1) is 0 Å². The third-order valence-electron chi connectivity index (χ3n) is 4.05. The number of aliphatic hydroxyl groups is 1. The lowest BCUT2D eigenvalue weighted by Crippen LogP contribution is -2.26. The van der Waals surface area contributed by atoms with Crippen LogP contribution in [0.4, 0.5) is 5.69 Å². The highest BCUT2D eigenvalue weighted by Gasteiger charge is 2.16. The zero-order valence-corrected chi connectivity index (χ0v) is 16.4. The van der Waals surface area contributed by atoms with Crippen LogP contribution in [0.2, 0.25) is 0 Å². The fraction of sp³-hybridized carbons (Fsp3) is 0.250. The Bertz CT molecular complexity index is 901. The maximum atomic E-state index is 12.3. The number of nitrogens with one attached hydrogen (secondary N) is 1. The van der Waals surface area contributed by atoms with Gasteiger partial charge in [0.15, 0.2) is 0 Å². The predicted octanol–water partition coefficient (Wildman–Crippen LogP) is 2.79. The number of anilines is 1. The van der Waals surface area contributed by atoms with Gasteiger partial charge in [-0.3, -0.25) is 9.69 Å². The molecule has 7 nitrogen and oxygen atoms in total. The van der Waals surface area contributed by atoms with Crippen LogP contribution in [0.5, 0.6) is 5.75 Å². The summed E-state index contributed by atoms with van der Waals surface area (Å²) < 4.78 is 5.40. The molecule has 0 saturated heterocycles. The Kier molecular flexibility index (Phi) is 7.07. The van der Waals surface area contributed by atoms with Crippen molar-refractivity contribution in [3.63, 3.8) is 0 Å². The Morgan fingerprint density at radius 3 is 2.61 bits per heavy atom. The molecule has 3 aromatic rings. The maximum absolute atomic E-state index is 12.3. The molecule has 0 spiro atoms. The number of aromatic nitrogens is 2. The minimum absolute atomic E-state index is 0.0231. The maximum Gasteiger partial charge on any atom is 0.286 e. The van der Waals surface area contributed by atoms with Gasteiger partial charge in [0.25, 0.3) is 5.91 Å². The lowest BCUT2D eigenvalue weighted by atomic mass is 10.2. The van der Waals surface area contributed by atoms with Crippen molar-refractivity contribution >= 4 is 22.9 Å². The third-order valence-corrected chi connectivity index (χ3v) is 4.96. The van der Waals surface area contributed by atoms with E-state index in [-0.39, 0.29) is 12.5 Å². The van der Waals surface area contributed by atoms with E-state index in [0.29, 0.717) is 35.3 Å². The number of carbonyl (C=O) groups excluding carboxylic acids is 1.